The summed E-state index contributed by atoms with van der Waals surface area (Å²) in [5.41, 5.74) is 0.215. The summed E-state index contributed by atoms with van der Waals surface area (Å²) in [6.45, 7) is 5.25. The molecule has 0 aromatic heterocycles. The average molecular weight is 444 g/mol. The van der Waals surface area contributed by atoms with E-state index in [4.69, 9.17) is 4.74 Å². The molecule has 28 heavy (non-hydrogen) atoms. The van der Waals surface area contributed by atoms with Crippen molar-refractivity contribution in [2.75, 3.05) is 45.9 Å². The van der Waals surface area contributed by atoms with E-state index in [0.717, 1.165) is 37.2 Å². The highest BCUT2D eigenvalue weighted by Crippen LogP contribution is 2.29. The molecule has 1 aromatic rings. The van der Waals surface area contributed by atoms with Gasteiger partial charge < -0.3 is 15.0 Å². The van der Waals surface area contributed by atoms with Crippen molar-refractivity contribution in [3.63, 3.8) is 0 Å². The molecule has 10 heteroatoms. The minimum Gasteiger partial charge on any atom is -0.366 e. The topological polar surface area (TPSA) is 44.8 Å². The highest BCUT2D eigenvalue weighted by molar-refractivity contribution is 5.85. The van der Waals surface area contributed by atoms with Crippen LogP contribution in [0.25, 0.3) is 0 Å². The van der Waals surface area contributed by atoms with Crippen molar-refractivity contribution < 1.29 is 22.7 Å². The van der Waals surface area contributed by atoms with Crippen molar-refractivity contribution in [1.29, 1.82) is 0 Å². The summed E-state index contributed by atoms with van der Waals surface area (Å²) in [5, 5.41) is 3.16. The molecule has 0 radical (unpaired) electrons. The van der Waals surface area contributed by atoms with Gasteiger partial charge >= 0.3 is 6.18 Å². The van der Waals surface area contributed by atoms with Gasteiger partial charge in [-0.25, -0.2) is 0 Å². The quantitative estimate of drug-likeness (QED) is 0.779. The van der Waals surface area contributed by atoms with E-state index in [0.29, 0.717) is 39.3 Å². The maximum absolute atomic E-state index is 12.6. The normalized spacial score (nSPS) is 21.2. The predicted octanol–water partition coefficient (Wildman–Crippen LogP) is 2.57. The van der Waals surface area contributed by atoms with Crippen LogP contribution in [0.2, 0.25) is 0 Å². The van der Waals surface area contributed by atoms with Crippen LogP contribution in [0.4, 0.5) is 13.2 Å². The lowest BCUT2D eigenvalue weighted by atomic mass is 10.1. The number of hydrogen-bond acceptors (Lipinski definition) is 4. The van der Waals surface area contributed by atoms with Crippen molar-refractivity contribution in [1.82, 2.24) is 15.1 Å². The number of nitrogens with one attached hydrogen (secondary N) is 1. The van der Waals surface area contributed by atoms with E-state index in [1.54, 1.807) is 0 Å². The zero-order valence-electron chi connectivity index (χ0n) is 15.4. The molecule has 1 N–H and O–H groups in total. The molecule has 2 aliphatic heterocycles. The Kier molecular flexibility index (Phi) is 10.00. The van der Waals surface area contributed by atoms with Crippen molar-refractivity contribution >= 4 is 30.7 Å². The Balaban J connectivity index is 0.00000196. The number of carbonyl (C=O) groups excluding carboxylic acids is 1. The second kappa shape index (κ2) is 11.2. The Hall–Kier alpha value is -1.06. The molecule has 2 fully saturated rings. The number of alkyl halides is 3. The molecule has 2 heterocycles. The minimum atomic E-state index is -4.31. The Labute approximate surface area is 175 Å². The number of amides is 1. The van der Waals surface area contributed by atoms with Crippen molar-refractivity contribution in [3.8, 4) is 0 Å². The van der Waals surface area contributed by atoms with Gasteiger partial charge in [0.05, 0.1) is 12.2 Å². The monoisotopic (exact) mass is 443 g/mol. The summed E-state index contributed by atoms with van der Waals surface area (Å²) in [7, 11) is 0. The minimum absolute atomic E-state index is 0. The molecular formula is C18H26Cl2F3N3O2. The van der Waals surface area contributed by atoms with Crippen molar-refractivity contribution in [2.45, 2.75) is 25.2 Å². The molecule has 1 amide bonds. The van der Waals surface area contributed by atoms with Crippen LogP contribution in [-0.2, 0) is 22.3 Å². The third-order valence-corrected chi connectivity index (χ3v) is 4.79. The van der Waals surface area contributed by atoms with E-state index in [2.05, 4.69) is 10.2 Å². The fourth-order valence-corrected chi connectivity index (χ4v) is 3.33. The fourth-order valence-electron chi connectivity index (χ4n) is 3.33. The molecular weight excluding hydrogens is 418 g/mol. The lowest BCUT2D eigenvalue weighted by Crippen LogP contribution is -2.50. The Bertz CT molecular complexity index is 611. The summed E-state index contributed by atoms with van der Waals surface area (Å²) in [5.74, 6) is 0.0218. The van der Waals surface area contributed by atoms with E-state index in [-0.39, 0.29) is 30.7 Å². The molecule has 160 valence electrons. The fraction of sp³-hybridized carbons (Fsp3) is 0.611. The van der Waals surface area contributed by atoms with E-state index in [1.165, 1.54) is 12.1 Å². The molecule has 2 saturated heterocycles. The standard InChI is InChI=1S/C18H24F3N3O2.2ClH/c19-18(20,21)15-4-2-14(3-5-15)13-23-7-1-8-24(10-9-23)17(25)16-12-22-6-11-26-16;;/h2-5,16,22H,1,6-13H2;2*1H. The van der Waals surface area contributed by atoms with Crippen molar-refractivity contribution in [2.24, 2.45) is 0 Å². The third-order valence-electron chi connectivity index (χ3n) is 4.79. The maximum atomic E-state index is 12.6. The Morgan fingerprint density at radius 2 is 1.82 bits per heavy atom. The zero-order chi connectivity index (χ0) is 18.6. The highest BCUT2D eigenvalue weighted by Gasteiger charge is 2.30. The van der Waals surface area contributed by atoms with Gasteiger partial charge in [-0.2, -0.15) is 13.2 Å². The van der Waals surface area contributed by atoms with Crippen molar-refractivity contribution in [3.05, 3.63) is 35.4 Å². The van der Waals surface area contributed by atoms with Gasteiger partial charge in [-0.1, -0.05) is 12.1 Å². The third kappa shape index (κ3) is 6.77. The second-order valence-electron chi connectivity index (χ2n) is 6.71. The molecule has 0 spiro atoms. The van der Waals surface area contributed by atoms with Gasteiger partial charge in [0.15, 0.2) is 0 Å². The summed E-state index contributed by atoms with van der Waals surface area (Å²) in [6.07, 6.45) is -3.88. The second-order valence-corrected chi connectivity index (χ2v) is 6.71. The molecule has 3 rings (SSSR count). The highest BCUT2D eigenvalue weighted by atomic mass is 35.5. The molecule has 0 saturated carbocycles. The van der Waals surface area contributed by atoms with Crippen LogP contribution in [0, 0.1) is 0 Å². The SMILES string of the molecule is Cl.Cl.O=C(C1CNCCO1)N1CCCN(Cc2ccc(C(F)(F)F)cc2)CC1. The molecule has 2 aliphatic rings. The smallest absolute Gasteiger partial charge is 0.366 e. The number of rotatable bonds is 3. The summed E-state index contributed by atoms with van der Waals surface area (Å²) >= 11 is 0. The number of ether oxygens (including phenoxy) is 1. The summed E-state index contributed by atoms with van der Waals surface area (Å²) in [4.78, 5) is 16.6. The number of carbonyl (C=O) groups is 1. The first-order valence-electron chi connectivity index (χ1n) is 8.93. The largest absolute Gasteiger partial charge is 0.416 e. The Morgan fingerprint density at radius 1 is 1.11 bits per heavy atom. The molecule has 1 aromatic carbocycles. The van der Waals surface area contributed by atoms with Crippen LogP contribution in [-0.4, -0.2) is 67.7 Å². The number of nitrogens with zero attached hydrogens (tertiary/aromatic N) is 2. The zero-order valence-corrected chi connectivity index (χ0v) is 17.0. The maximum Gasteiger partial charge on any atom is 0.416 e. The predicted molar refractivity (Wildman–Crippen MR) is 105 cm³/mol. The van der Waals surface area contributed by atoms with Crippen LogP contribution in [0.1, 0.15) is 17.5 Å². The van der Waals surface area contributed by atoms with Gasteiger partial charge in [-0.3, -0.25) is 9.69 Å². The van der Waals surface area contributed by atoms with E-state index >= 15 is 0 Å². The lowest BCUT2D eigenvalue weighted by Gasteiger charge is -2.29. The van der Waals surface area contributed by atoms with Gasteiger partial charge in [0.25, 0.3) is 5.91 Å². The van der Waals surface area contributed by atoms with E-state index < -0.39 is 17.8 Å². The Morgan fingerprint density at radius 3 is 2.43 bits per heavy atom. The van der Waals surface area contributed by atoms with Gasteiger partial charge in [0.2, 0.25) is 0 Å². The first-order chi connectivity index (χ1) is 12.4. The number of halogens is 5. The van der Waals surface area contributed by atoms with E-state index in [9.17, 15) is 18.0 Å². The molecule has 1 atom stereocenters. The first kappa shape index (κ1) is 25.0. The van der Waals surface area contributed by atoms with Crippen LogP contribution < -0.4 is 5.32 Å². The number of hydrogen-bond donors (Lipinski definition) is 1. The van der Waals surface area contributed by atoms with Gasteiger partial charge in [0.1, 0.15) is 6.10 Å². The lowest BCUT2D eigenvalue weighted by molar-refractivity contribution is -0.145. The van der Waals surface area contributed by atoms with Gasteiger partial charge in [-0.05, 0) is 24.1 Å². The average Bonchev–Trinajstić information content (AvgIpc) is 2.87. The van der Waals surface area contributed by atoms with Gasteiger partial charge in [0, 0.05) is 45.8 Å². The first-order valence-corrected chi connectivity index (χ1v) is 8.93. The van der Waals surface area contributed by atoms with Gasteiger partial charge in [-0.15, -0.1) is 24.8 Å². The molecule has 5 nitrogen and oxygen atoms in total. The number of morpholine rings is 1. The molecule has 1 unspecified atom stereocenters. The van der Waals surface area contributed by atoms with Crippen LogP contribution in [0.15, 0.2) is 24.3 Å². The number of benzene rings is 1. The van der Waals surface area contributed by atoms with Crippen LogP contribution in [0.5, 0.6) is 0 Å². The van der Waals surface area contributed by atoms with Crippen LogP contribution >= 0.6 is 24.8 Å². The van der Waals surface area contributed by atoms with Crippen LogP contribution in [0.3, 0.4) is 0 Å². The summed E-state index contributed by atoms with van der Waals surface area (Å²) < 4.78 is 43.5. The molecule has 0 aliphatic carbocycles. The molecule has 0 bridgehead atoms. The van der Waals surface area contributed by atoms with E-state index in [1.807, 2.05) is 4.90 Å². The summed E-state index contributed by atoms with van der Waals surface area (Å²) in [6, 6.07) is 5.29.